The second kappa shape index (κ2) is 5.62. The Bertz CT molecular complexity index is 473. The Morgan fingerprint density at radius 1 is 1.47 bits per heavy atom. The topological polar surface area (TPSA) is 41.5 Å². The number of hydrogen-bond donors (Lipinski definition) is 1. The zero-order valence-electron chi connectivity index (χ0n) is 8.72. The fourth-order valence-corrected chi connectivity index (χ4v) is 2.55. The second-order valence-corrected chi connectivity index (χ2v) is 5.69. The summed E-state index contributed by atoms with van der Waals surface area (Å²) in [6.45, 7) is 0.536. The van der Waals surface area contributed by atoms with Gasteiger partial charge in [0, 0.05) is 11.2 Å². The Kier molecular flexibility index (Phi) is 4.15. The van der Waals surface area contributed by atoms with Gasteiger partial charge in [-0.25, -0.2) is 0 Å². The molecule has 0 aliphatic carbocycles. The molecule has 1 aliphatic heterocycles. The van der Waals surface area contributed by atoms with Crippen LogP contribution >= 0.6 is 35.6 Å². The maximum Gasteiger partial charge on any atom is 0.244 e. The predicted octanol–water partition coefficient (Wildman–Crippen LogP) is 2.43. The zero-order chi connectivity index (χ0) is 12.3. The van der Waals surface area contributed by atoms with Gasteiger partial charge in [-0.1, -0.05) is 47.7 Å². The molecule has 1 saturated heterocycles. The molecule has 0 radical (unpaired) electrons. The van der Waals surface area contributed by atoms with Crippen LogP contribution in [0.5, 0.6) is 0 Å². The predicted molar refractivity (Wildman–Crippen MR) is 75.8 cm³/mol. The smallest absolute Gasteiger partial charge is 0.244 e. The molecule has 0 spiro atoms. The number of rotatable bonds is 3. The minimum atomic E-state index is -0.296. The van der Waals surface area contributed by atoms with E-state index in [0.29, 0.717) is 15.9 Å². The van der Waals surface area contributed by atoms with Crippen molar-refractivity contribution in [1.29, 1.82) is 0 Å². The van der Waals surface area contributed by atoms with E-state index in [1.54, 1.807) is 6.21 Å². The lowest BCUT2D eigenvalue weighted by Gasteiger charge is -1.98. The summed E-state index contributed by atoms with van der Waals surface area (Å²) in [5.41, 5.74) is 1.05. The van der Waals surface area contributed by atoms with Crippen LogP contribution < -0.4 is 5.32 Å². The zero-order valence-corrected chi connectivity index (χ0v) is 11.1. The molecule has 6 heteroatoms. The van der Waals surface area contributed by atoms with Crippen molar-refractivity contribution < 1.29 is 4.79 Å². The molecule has 3 nitrogen and oxygen atoms in total. The minimum Gasteiger partial charge on any atom is -0.310 e. The van der Waals surface area contributed by atoms with E-state index in [4.69, 9.17) is 23.8 Å². The van der Waals surface area contributed by atoms with Crippen LogP contribution in [0.1, 0.15) is 5.56 Å². The van der Waals surface area contributed by atoms with E-state index in [0.717, 1.165) is 5.56 Å². The van der Waals surface area contributed by atoms with Crippen LogP contribution in [-0.4, -0.2) is 21.7 Å². The highest BCUT2D eigenvalue weighted by Crippen LogP contribution is 2.17. The first-order chi connectivity index (χ1) is 8.15. The lowest BCUT2D eigenvalue weighted by molar-refractivity contribution is -0.117. The van der Waals surface area contributed by atoms with Crippen molar-refractivity contribution in [2.45, 2.75) is 11.8 Å². The molecule has 1 amide bonds. The first-order valence-electron chi connectivity index (χ1n) is 4.91. The maximum atomic E-state index is 11.3. The molecule has 1 fully saturated rings. The molecule has 1 heterocycles. The molecule has 1 aromatic rings. The molecular formula is C11H9ClN2OS2. The molecule has 1 unspecified atom stereocenters. The Balaban J connectivity index is 1.91. The van der Waals surface area contributed by atoms with Gasteiger partial charge >= 0.3 is 0 Å². The van der Waals surface area contributed by atoms with E-state index >= 15 is 0 Å². The summed E-state index contributed by atoms with van der Waals surface area (Å²) in [5, 5.41) is 2.98. The summed E-state index contributed by atoms with van der Waals surface area (Å²) in [6, 6.07) is 7.45. The fourth-order valence-electron chi connectivity index (χ4n) is 1.31. The normalized spacial score (nSPS) is 19.9. The number of carbonyl (C=O) groups is 1. The van der Waals surface area contributed by atoms with Crippen molar-refractivity contribution in [2.75, 3.05) is 0 Å². The number of hydrogen-bond acceptors (Lipinski definition) is 4. The summed E-state index contributed by atoms with van der Waals surface area (Å²) < 4.78 is 0.512. The van der Waals surface area contributed by atoms with Crippen molar-refractivity contribution in [2.24, 2.45) is 4.99 Å². The molecule has 17 heavy (non-hydrogen) atoms. The van der Waals surface area contributed by atoms with Gasteiger partial charge in [0.2, 0.25) is 5.91 Å². The summed E-state index contributed by atoms with van der Waals surface area (Å²) in [6.07, 6.45) is 1.63. The number of aliphatic imine (C=N–C) groups is 1. The number of thiocarbonyl (C=S) groups is 1. The largest absolute Gasteiger partial charge is 0.310 e. The standard InChI is InChI=1S/C11H9ClN2OS2/c12-8-3-1-7(2-4-8)5-13-6-9-10(15)14-11(16)17-9/h1-4,6,9H,5H2,(H,14,15,16). The number of nitrogens with zero attached hydrogens (tertiary/aromatic N) is 1. The Morgan fingerprint density at radius 3 is 2.76 bits per heavy atom. The number of benzene rings is 1. The molecule has 2 rings (SSSR count). The van der Waals surface area contributed by atoms with E-state index in [1.165, 1.54) is 11.8 Å². The van der Waals surface area contributed by atoms with Gasteiger partial charge in [0.05, 0.1) is 6.54 Å². The van der Waals surface area contributed by atoms with Gasteiger partial charge in [0.1, 0.15) is 9.57 Å². The summed E-state index contributed by atoms with van der Waals surface area (Å²) >= 11 is 12.0. The monoisotopic (exact) mass is 284 g/mol. The average molecular weight is 285 g/mol. The van der Waals surface area contributed by atoms with Gasteiger partial charge in [0.15, 0.2) is 0 Å². The Hall–Kier alpha value is -0.910. The molecule has 0 bridgehead atoms. The van der Waals surface area contributed by atoms with Crippen LogP contribution in [0.2, 0.25) is 5.02 Å². The number of thioether (sulfide) groups is 1. The van der Waals surface area contributed by atoms with Crippen LogP contribution in [0, 0.1) is 0 Å². The summed E-state index contributed by atoms with van der Waals surface area (Å²) in [4.78, 5) is 15.6. The number of nitrogens with one attached hydrogen (secondary N) is 1. The molecule has 0 aromatic heterocycles. The number of amides is 1. The number of carbonyl (C=O) groups excluding carboxylic acids is 1. The van der Waals surface area contributed by atoms with Gasteiger partial charge in [-0.3, -0.25) is 9.79 Å². The molecule has 1 N–H and O–H groups in total. The molecule has 1 atom stereocenters. The van der Waals surface area contributed by atoms with Crippen LogP contribution in [0.4, 0.5) is 0 Å². The van der Waals surface area contributed by atoms with Crippen LogP contribution in [-0.2, 0) is 11.3 Å². The summed E-state index contributed by atoms with van der Waals surface area (Å²) in [5.74, 6) is -0.0974. The Morgan fingerprint density at radius 2 is 2.18 bits per heavy atom. The van der Waals surface area contributed by atoms with Crippen molar-refractivity contribution in [1.82, 2.24) is 5.32 Å². The van der Waals surface area contributed by atoms with Gasteiger partial charge in [0.25, 0.3) is 0 Å². The number of halogens is 1. The minimum absolute atomic E-state index is 0.0974. The highest BCUT2D eigenvalue weighted by Gasteiger charge is 2.26. The molecule has 1 aromatic carbocycles. The molecular weight excluding hydrogens is 276 g/mol. The fraction of sp³-hybridized carbons (Fsp3) is 0.182. The van der Waals surface area contributed by atoms with E-state index in [-0.39, 0.29) is 11.2 Å². The quantitative estimate of drug-likeness (QED) is 0.685. The third-order valence-electron chi connectivity index (χ3n) is 2.15. The van der Waals surface area contributed by atoms with Crippen molar-refractivity contribution in [3.63, 3.8) is 0 Å². The lowest BCUT2D eigenvalue weighted by Crippen LogP contribution is -2.24. The van der Waals surface area contributed by atoms with Crippen LogP contribution in [0.25, 0.3) is 0 Å². The first-order valence-corrected chi connectivity index (χ1v) is 6.57. The molecule has 1 aliphatic rings. The second-order valence-electron chi connectivity index (χ2n) is 3.43. The highest BCUT2D eigenvalue weighted by molar-refractivity contribution is 8.24. The van der Waals surface area contributed by atoms with E-state index in [1.807, 2.05) is 24.3 Å². The van der Waals surface area contributed by atoms with Gasteiger partial charge in [-0.05, 0) is 17.7 Å². The van der Waals surface area contributed by atoms with E-state index < -0.39 is 0 Å². The maximum absolute atomic E-state index is 11.3. The van der Waals surface area contributed by atoms with Crippen LogP contribution in [0.15, 0.2) is 29.3 Å². The van der Waals surface area contributed by atoms with Gasteiger partial charge in [-0.15, -0.1) is 0 Å². The highest BCUT2D eigenvalue weighted by atomic mass is 35.5. The molecule has 0 saturated carbocycles. The SMILES string of the molecule is O=C1NC(=S)SC1C=NCc1ccc(Cl)cc1. The van der Waals surface area contributed by atoms with Gasteiger partial charge in [-0.2, -0.15) is 0 Å². The Labute approximate surface area is 114 Å². The lowest BCUT2D eigenvalue weighted by atomic mass is 10.2. The third-order valence-corrected chi connectivity index (χ3v) is 3.69. The van der Waals surface area contributed by atoms with Crippen molar-refractivity contribution in [3.05, 3.63) is 34.9 Å². The van der Waals surface area contributed by atoms with Crippen LogP contribution in [0.3, 0.4) is 0 Å². The first kappa shape index (κ1) is 12.5. The van der Waals surface area contributed by atoms with E-state index in [2.05, 4.69) is 10.3 Å². The van der Waals surface area contributed by atoms with Crippen molar-refractivity contribution in [3.8, 4) is 0 Å². The van der Waals surface area contributed by atoms with Crippen molar-refractivity contribution >= 4 is 52.0 Å². The third kappa shape index (κ3) is 3.52. The summed E-state index contributed by atoms with van der Waals surface area (Å²) in [7, 11) is 0. The average Bonchev–Trinajstić information content (AvgIpc) is 2.60. The van der Waals surface area contributed by atoms with Gasteiger partial charge < -0.3 is 5.32 Å². The molecule has 88 valence electrons. The van der Waals surface area contributed by atoms with E-state index in [9.17, 15) is 4.79 Å².